The Bertz CT molecular complexity index is 495. The zero-order valence-electron chi connectivity index (χ0n) is 11.5. The van der Waals surface area contributed by atoms with Gasteiger partial charge in [-0.1, -0.05) is 12.5 Å². The molecule has 2 aromatic rings. The Balaban J connectivity index is 1.60. The Labute approximate surface area is 114 Å². The van der Waals surface area contributed by atoms with Crippen molar-refractivity contribution in [1.29, 1.82) is 0 Å². The van der Waals surface area contributed by atoms with E-state index in [9.17, 15) is 0 Å². The van der Waals surface area contributed by atoms with Crippen LogP contribution in [0.15, 0.2) is 30.6 Å². The normalized spacial score (nSPS) is 20.2. The molecule has 0 amide bonds. The fourth-order valence-electron chi connectivity index (χ4n) is 2.86. The van der Waals surface area contributed by atoms with Crippen LogP contribution in [0, 0.1) is 0 Å². The third-order valence-corrected chi connectivity index (χ3v) is 3.79. The van der Waals surface area contributed by atoms with Gasteiger partial charge in [-0.15, -0.1) is 0 Å². The van der Waals surface area contributed by atoms with Crippen molar-refractivity contribution in [2.45, 2.75) is 31.8 Å². The minimum absolute atomic E-state index is 0.649. The van der Waals surface area contributed by atoms with Crippen LogP contribution in [0.2, 0.25) is 0 Å². The van der Waals surface area contributed by atoms with Crippen molar-refractivity contribution in [3.8, 4) is 0 Å². The molecule has 0 aromatic carbocycles. The second-order valence-corrected chi connectivity index (χ2v) is 5.54. The summed E-state index contributed by atoms with van der Waals surface area (Å²) in [5.74, 6) is 0. The Morgan fingerprint density at radius 1 is 1.42 bits per heavy atom. The number of pyridine rings is 1. The first-order valence-corrected chi connectivity index (χ1v) is 7.16. The maximum absolute atomic E-state index is 4.65. The fraction of sp³-hybridized carbons (Fsp3) is 0.533. The smallest absolute Gasteiger partial charge is 0.137 e. The van der Waals surface area contributed by atoms with Crippen molar-refractivity contribution < 1.29 is 0 Å². The van der Waals surface area contributed by atoms with Gasteiger partial charge >= 0.3 is 0 Å². The summed E-state index contributed by atoms with van der Waals surface area (Å²) in [4.78, 5) is 7.01. The van der Waals surface area contributed by atoms with Gasteiger partial charge in [-0.05, 0) is 38.6 Å². The highest BCUT2D eigenvalue weighted by Crippen LogP contribution is 2.10. The number of aromatic nitrogens is 2. The first-order valence-electron chi connectivity index (χ1n) is 7.16. The van der Waals surface area contributed by atoms with E-state index >= 15 is 0 Å². The van der Waals surface area contributed by atoms with Crippen LogP contribution in [0.1, 0.15) is 25.0 Å². The van der Waals surface area contributed by atoms with E-state index < -0.39 is 0 Å². The van der Waals surface area contributed by atoms with E-state index in [4.69, 9.17) is 0 Å². The van der Waals surface area contributed by atoms with E-state index in [2.05, 4.69) is 39.0 Å². The Hall–Kier alpha value is -1.39. The molecule has 2 aromatic heterocycles. The van der Waals surface area contributed by atoms with E-state index in [-0.39, 0.29) is 0 Å². The molecule has 0 saturated carbocycles. The molecule has 3 heterocycles. The van der Waals surface area contributed by atoms with Gasteiger partial charge < -0.3 is 9.72 Å². The number of piperidine rings is 1. The van der Waals surface area contributed by atoms with Crippen LogP contribution in [0.3, 0.4) is 0 Å². The van der Waals surface area contributed by atoms with E-state index in [1.54, 1.807) is 0 Å². The van der Waals surface area contributed by atoms with Crippen molar-refractivity contribution in [2.75, 3.05) is 20.1 Å². The molecule has 4 nitrogen and oxygen atoms in total. The van der Waals surface area contributed by atoms with Crippen molar-refractivity contribution in [1.82, 2.24) is 19.6 Å². The summed E-state index contributed by atoms with van der Waals surface area (Å²) in [6, 6.07) is 6.76. The average Bonchev–Trinajstić information content (AvgIpc) is 2.81. The van der Waals surface area contributed by atoms with Gasteiger partial charge in [0.2, 0.25) is 0 Å². The summed E-state index contributed by atoms with van der Waals surface area (Å²) < 4.78 is 2.09. The number of imidazole rings is 1. The fourth-order valence-corrected chi connectivity index (χ4v) is 2.86. The van der Waals surface area contributed by atoms with Gasteiger partial charge in [-0.3, -0.25) is 4.90 Å². The van der Waals surface area contributed by atoms with Crippen molar-refractivity contribution in [3.05, 3.63) is 36.3 Å². The van der Waals surface area contributed by atoms with Crippen LogP contribution in [-0.4, -0.2) is 40.5 Å². The highest BCUT2D eigenvalue weighted by molar-refractivity contribution is 5.39. The summed E-state index contributed by atoms with van der Waals surface area (Å²) in [7, 11) is 2.18. The molecular weight excluding hydrogens is 236 g/mol. The molecule has 1 aliphatic heterocycles. The van der Waals surface area contributed by atoms with Crippen molar-refractivity contribution in [3.63, 3.8) is 0 Å². The van der Waals surface area contributed by atoms with Crippen LogP contribution in [0.5, 0.6) is 0 Å². The van der Waals surface area contributed by atoms with E-state index in [0.717, 1.165) is 24.4 Å². The number of hydrogen-bond acceptors (Lipinski definition) is 3. The molecule has 1 aliphatic rings. The minimum Gasteiger partial charge on any atom is -0.313 e. The van der Waals surface area contributed by atoms with Gasteiger partial charge in [0.05, 0.1) is 5.69 Å². The summed E-state index contributed by atoms with van der Waals surface area (Å²) in [6.07, 6.45) is 8.16. The Morgan fingerprint density at radius 3 is 3.16 bits per heavy atom. The Morgan fingerprint density at radius 2 is 2.37 bits per heavy atom. The lowest BCUT2D eigenvalue weighted by Crippen LogP contribution is -2.42. The van der Waals surface area contributed by atoms with Crippen LogP contribution in [0.25, 0.3) is 5.65 Å². The van der Waals surface area contributed by atoms with Gasteiger partial charge in [0.15, 0.2) is 0 Å². The van der Waals surface area contributed by atoms with Crippen LogP contribution in [0.4, 0.5) is 0 Å². The summed E-state index contributed by atoms with van der Waals surface area (Å²) in [5.41, 5.74) is 2.17. The lowest BCUT2D eigenvalue weighted by Gasteiger charge is -2.27. The summed E-state index contributed by atoms with van der Waals surface area (Å²) in [5, 5.41) is 3.60. The molecule has 0 aliphatic carbocycles. The average molecular weight is 258 g/mol. The first-order chi connectivity index (χ1) is 9.31. The largest absolute Gasteiger partial charge is 0.313 e. The number of rotatable bonds is 4. The van der Waals surface area contributed by atoms with Crippen LogP contribution >= 0.6 is 0 Å². The number of nitrogens with zero attached hydrogens (tertiary/aromatic N) is 3. The Kier molecular flexibility index (Phi) is 3.80. The third kappa shape index (κ3) is 3.14. The van der Waals surface area contributed by atoms with E-state index in [1.165, 1.54) is 25.8 Å². The van der Waals surface area contributed by atoms with Gasteiger partial charge in [0, 0.05) is 31.5 Å². The maximum Gasteiger partial charge on any atom is 0.137 e. The lowest BCUT2D eigenvalue weighted by atomic mass is 10.0. The zero-order chi connectivity index (χ0) is 13.1. The van der Waals surface area contributed by atoms with Gasteiger partial charge in [0.25, 0.3) is 0 Å². The molecule has 1 saturated heterocycles. The number of hydrogen-bond donors (Lipinski definition) is 1. The molecule has 3 rings (SSSR count). The highest BCUT2D eigenvalue weighted by atomic mass is 15.1. The zero-order valence-corrected chi connectivity index (χ0v) is 11.5. The standard InChI is InChI=1S/C15H22N4/c1-18(10-13-6-2-4-8-16-13)11-14-12-19-9-5-3-7-15(19)17-14/h3,5,7,9,12-13,16H,2,4,6,8,10-11H2,1H3. The molecule has 1 atom stereocenters. The highest BCUT2D eigenvalue weighted by Gasteiger charge is 2.15. The predicted molar refractivity (Wildman–Crippen MR) is 77.2 cm³/mol. The summed E-state index contributed by atoms with van der Waals surface area (Å²) in [6.45, 7) is 3.20. The van der Waals surface area contributed by atoms with E-state index in [0.29, 0.717) is 6.04 Å². The van der Waals surface area contributed by atoms with E-state index in [1.807, 2.05) is 18.2 Å². The second-order valence-electron chi connectivity index (χ2n) is 5.54. The SMILES string of the molecule is CN(Cc1cn2ccccc2n1)CC1CCCCN1. The maximum atomic E-state index is 4.65. The number of nitrogens with one attached hydrogen (secondary N) is 1. The molecule has 19 heavy (non-hydrogen) atoms. The number of likely N-dealkylation sites (N-methyl/N-ethyl adjacent to an activating group) is 1. The first kappa shape index (κ1) is 12.6. The van der Waals surface area contributed by atoms with Gasteiger partial charge in [-0.25, -0.2) is 4.98 Å². The predicted octanol–water partition coefficient (Wildman–Crippen LogP) is 1.91. The quantitative estimate of drug-likeness (QED) is 0.909. The molecule has 0 bridgehead atoms. The molecule has 1 N–H and O–H groups in total. The molecule has 4 heteroatoms. The summed E-state index contributed by atoms with van der Waals surface area (Å²) >= 11 is 0. The molecule has 1 fully saturated rings. The topological polar surface area (TPSA) is 32.6 Å². The molecule has 0 spiro atoms. The second kappa shape index (κ2) is 5.72. The van der Waals surface area contributed by atoms with Crippen LogP contribution < -0.4 is 5.32 Å². The van der Waals surface area contributed by atoms with Gasteiger partial charge in [0.1, 0.15) is 5.65 Å². The number of fused-ring (bicyclic) bond motifs is 1. The third-order valence-electron chi connectivity index (χ3n) is 3.79. The molecule has 102 valence electrons. The molecule has 1 unspecified atom stereocenters. The minimum atomic E-state index is 0.649. The van der Waals surface area contributed by atoms with Crippen molar-refractivity contribution >= 4 is 5.65 Å². The monoisotopic (exact) mass is 258 g/mol. The molecular formula is C15H22N4. The van der Waals surface area contributed by atoms with Crippen LogP contribution in [-0.2, 0) is 6.54 Å². The van der Waals surface area contributed by atoms with Gasteiger partial charge in [-0.2, -0.15) is 0 Å². The van der Waals surface area contributed by atoms with Crippen molar-refractivity contribution in [2.24, 2.45) is 0 Å². The molecule has 0 radical (unpaired) electrons. The lowest BCUT2D eigenvalue weighted by molar-refractivity contribution is 0.255.